The van der Waals surface area contributed by atoms with Crippen molar-refractivity contribution in [1.82, 2.24) is 4.90 Å². The molecule has 2 saturated carbocycles. The van der Waals surface area contributed by atoms with Gasteiger partial charge in [0.1, 0.15) is 0 Å². The van der Waals surface area contributed by atoms with Crippen molar-refractivity contribution in [2.45, 2.75) is 59.3 Å². The lowest BCUT2D eigenvalue weighted by molar-refractivity contribution is 0.0623. The molecule has 0 aromatic heterocycles. The predicted octanol–water partition coefficient (Wildman–Crippen LogP) is 4.18. The first-order chi connectivity index (χ1) is 8.19. The molecule has 0 N–H and O–H groups in total. The quantitative estimate of drug-likeness (QED) is 0.642. The highest BCUT2D eigenvalue weighted by atomic mass is 15.1. The van der Waals surface area contributed by atoms with E-state index in [2.05, 4.69) is 25.7 Å². The van der Waals surface area contributed by atoms with Gasteiger partial charge in [0, 0.05) is 6.54 Å². The molecular weight excluding hydrogens is 206 g/mol. The van der Waals surface area contributed by atoms with Crippen molar-refractivity contribution in [1.29, 1.82) is 0 Å². The smallest absolute Gasteiger partial charge is 0.000427 e. The van der Waals surface area contributed by atoms with Crippen LogP contribution in [0.1, 0.15) is 59.3 Å². The van der Waals surface area contributed by atoms with E-state index in [9.17, 15) is 0 Å². The van der Waals surface area contributed by atoms with Crippen LogP contribution < -0.4 is 0 Å². The summed E-state index contributed by atoms with van der Waals surface area (Å²) in [5.74, 6) is 4.17. The summed E-state index contributed by atoms with van der Waals surface area (Å²) in [5, 5.41) is 0. The van der Waals surface area contributed by atoms with E-state index in [1.54, 1.807) is 25.7 Å². The Hall–Kier alpha value is -0.0400. The lowest BCUT2D eigenvalue weighted by Crippen LogP contribution is -2.36. The minimum Gasteiger partial charge on any atom is -0.303 e. The molecule has 2 fully saturated rings. The van der Waals surface area contributed by atoms with Gasteiger partial charge in [0.05, 0.1) is 0 Å². The molecule has 2 aliphatic rings. The van der Waals surface area contributed by atoms with Gasteiger partial charge in [0.25, 0.3) is 0 Å². The zero-order valence-corrected chi connectivity index (χ0v) is 12.1. The Balaban J connectivity index is 1.56. The Morgan fingerprint density at radius 2 is 1.82 bits per heavy atom. The zero-order valence-electron chi connectivity index (χ0n) is 12.1. The summed E-state index contributed by atoms with van der Waals surface area (Å²) in [7, 11) is 0. The molecule has 1 heteroatoms. The number of hydrogen-bond donors (Lipinski definition) is 0. The summed E-state index contributed by atoms with van der Waals surface area (Å²) in [5.41, 5.74) is 0. The first-order valence-electron chi connectivity index (χ1n) is 7.91. The van der Waals surface area contributed by atoms with Crippen molar-refractivity contribution in [3.63, 3.8) is 0 Å². The molecule has 0 aromatic rings. The van der Waals surface area contributed by atoms with E-state index in [1.165, 1.54) is 32.5 Å². The maximum absolute atomic E-state index is 2.64. The second kappa shape index (κ2) is 6.22. The highest BCUT2D eigenvalue weighted by Gasteiger charge is 2.37. The van der Waals surface area contributed by atoms with E-state index >= 15 is 0 Å². The van der Waals surface area contributed by atoms with Gasteiger partial charge in [0.2, 0.25) is 0 Å². The summed E-state index contributed by atoms with van der Waals surface area (Å²) in [6.45, 7) is 10.8. The van der Waals surface area contributed by atoms with Crippen LogP contribution >= 0.6 is 0 Å². The highest BCUT2D eigenvalue weighted by Crippen LogP contribution is 2.47. The van der Waals surface area contributed by atoms with Crippen LogP contribution in [0.2, 0.25) is 0 Å². The first-order valence-corrected chi connectivity index (χ1v) is 7.91. The largest absolute Gasteiger partial charge is 0.303 e. The van der Waals surface area contributed by atoms with Crippen LogP contribution in [0.25, 0.3) is 0 Å². The molecule has 100 valence electrons. The molecule has 0 heterocycles. The highest BCUT2D eigenvalue weighted by molar-refractivity contribution is 4.88. The van der Waals surface area contributed by atoms with Gasteiger partial charge in [-0.3, -0.25) is 0 Å². The fraction of sp³-hybridized carbons (Fsp3) is 1.00. The SMILES string of the molecule is CCN(CCC1CC(C2CCC2)C1)CC(C)C. The Morgan fingerprint density at radius 3 is 2.29 bits per heavy atom. The van der Waals surface area contributed by atoms with Crippen LogP contribution in [0.5, 0.6) is 0 Å². The molecule has 2 rings (SSSR count). The summed E-state index contributed by atoms with van der Waals surface area (Å²) >= 11 is 0. The molecular formula is C16H31N. The fourth-order valence-corrected chi connectivity index (χ4v) is 3.58. The van der Waals surface area contributed by atoms with Crippen molar-refractivity contribution in [2.24, 2.45) is 23.7 Å². The molecule has 0 spiro atoms. The van der Waals surface area contributed by atoms with Gasteiger partial charge in [-0.25, -0.2) is 0 Å². The summed E-state index contributed by atoms with van der Waals surface area (Å²) in [6.07, 6.45) is 9.19. The Bertz CT molecular complexity index is 214. The number of hydrogen-bond acceptors (Lipinski definition) is 1. The van der Waals surface area contributed by atoms with E-state index in [4.69, 9.17) is 0 Å². The van der Waals surface area contributed by atoms with Crippen LogP contribution in [-0.4, -0.2) is 24.5 Å². The maximum Gasteiger partial charge on any atom is 0.000427 e. The number of nitrogens with zero attached hydrogens (tertiary/aromatic N) is 1. The molecule has 0 radical (unpaired) electrons. The van der Waals surface area contributed by atoms with Gasteiger partial charge in [-0.2, -0.15) is 0 Å². The van der Waals surface area contributed by atoms with Gasteiger partial charge in [-0.05, 0) is 56.0 Å². The van der Waals surface area contributed by atoms with Gasteiger partial charge in [-0.1, -0.05) is 40.0 Å². The third-order valence-electron chi connectivity index (χ3n) is 5.01. The molecule has 0 aromatic carbocycles. The lowest BCUT2D eigenvalue weighted by atomic mass is 9.62. The van der Waals surface area contributed by atoms with E-state index in [1.807, 2.05) is 0 Å². The minimum absolute atomic E-state index is 0.819. The average Bonchev–Trinajstić information content (AvgIpc) is 2.15. The van der Waals surface area contributed by atoms with Gasteiger partial charge >= 0.3 is 0 Å². The third kappa shape index (κ3) is 3.71. The molecule has 17 heavy (non-hydrogen) atoms. The molecule has 1 nitrogen and oxygen atoms in total. The summed E-state index contributed by atoms with van der Waals surface area (Å²) in [6, 6.07) is 0. The van der Waals surface area contributed by atoms with Crippen molar-refractivity contribution in [3.05, 3.63) is 0 Å². The zero-order chi connectivity index (χ0) is 12.3. The van der Waals surface area contributed by atoms with E-state index < -0.39 is 0 Å². The van der Waals surface area contributed by atoms with Crippen LogP contribution in [0, 0.1) is 23.7 Å². The standard InChI is InChI=1S/C16H31N/c1-4-17(12-13(2)3)9-8-14-10-16(11-14)15-6-5-7-15/h13-16H,4-12H2,1-3H3. The van der Waals surface area contributed by atoms with E-state index in [-0.39, 0.29) is 0 Å². The molecule has 0 atom stereocenters. The second-order valence-corrected chi connectivity index (χ2v) is 6.86. The third-order valence-corrected chi connectivity index (χ3v) is 5.01. The van der Waals surface area contributed by atoms with Crippen LogP contribution in [0.15, 0.2) is 0 Å². The van der Waals surface area contributed by atoms with Gasteiger partial charge in [0.15, 0.2) is 0 Å². The van der Waals surface area contributed by atoms with Crippen LogP contribution in [0.3, 0.4) is 0 Å². The topological polar surface area (TPSA) is 3.24 Å². The number of rotatable bonds is 7. The van der Waals surface area contributed by atoms with Crippen molar-refractivity contribution in [3.8, 4) is 0 Å². The van der Waals surface area contributed by atoms with E-state index in [0.717, 1.165) is 23.7 Å². The van der Waals surface area contributed by atoms with Gasteiger partial charge in [-0.15, -0.1) is 0 Å². The Kier molecular flexibility index (Phi) is 4.90. The molecule has 0 unspecified atom stereocenters. The van der Waals surface area contributed by atoms with Crippen LogP contribution in [0.4, 0.5) is 0 Å². The molecule has 0 bridgehead atoms. The summed E-state index contributed by atoms with van der Waals surface area (Å²) in [4.78, 5) is 2.64. The lowest BCUT2D eigenvalue weighted by Gasteiger charge is -2.45. The normalized spacial score (nSPS) is 29.5. The average molecular weight is 237 g/mol. The first kappa shape index (κ1) is 13.4. The van der Waals surface area contributed by atoms with E-state index in [0.29, 0.717) is 0 Å². The van der Waals surface area contributed by atoms with Crippen molar-refractivity contribution in [2.75, 3.05) is 19.6 Å². The maximum atomic E-state index is 2.64. The van der Waals surface area contributed by atoms with Crippen LogP contribution in [-0.2, 0) is 0 Å². The van der Waals surface area contributed by atoms with Gasteiger partial charge < -0.3 is 4.90 Å². The Morgan fingerprint density at radius 1 is 1.12 bits per heavy atom. The molecule has 0 saturated heterocycles. The second-order valence-electron chi connectivity index (χ2n) is 6.86. The molecule has 2 aliphatic carbocycles. The van der Waals surface area contributed by atoms with Crippen molar-refractivity contribution >= 4 is 0 Å². The minimum atomic E-state index is 0.819. The fourth-order valence-electron chi connectivity index (χ4n) is 3.58. The predicted molar refractivity (Wildman–Crippen MR) is 75.1 cm³/mol. The Labute approximate surface area is 108 Å². The summed E-state index contributed by atoms with van der Waals surface area (Å²) < 4.78 is 0. The monoisotopic (exact) mass is 237 g/mol. The van der Waals surface area contributed by atoms with Crippen molar-refractivity contribution < 1.29 is 0 Å². The molecule has 0 aliphatic heterocycles. The molecule has 0 amide bonds.